The SMILES string of the molecule is C[C@@H]1CN(S(=O)(=O)c2ccc(NC(=O)c3nn(-c4ccc(F)cc4)ccc3=O)cc2)C[C@H](C)O1. The zero-order chi connectivity index (χ0) is 24.5. The molecule has 0 saturated carbocycles. The summed E-state index contributed by atoms with van der Waals surface area (Å²) in [5.41, 5.74) is -0.187. The van der Waals surface area contributed by atoms with Crippen LogP contribution >= 0.6 is 0 Å². The molecular formula is C23H23FN4O5S. The number of hydrogen-bond donors (Lipinski definition) is 1. The van der Waals surface area contributed by atoms with E-state index in [0.717, 1.165) is 0 Å². The summed E-state index contributed by atoms with van der Waals surface area (Å²) in [5.74, 6) is -1.18. The number of rotatable bonds is 5. The first-order valence-electron chi connectivity index (χ1n) is 10.6. The van der Waals surface area contributed by atoms with Gasteiger partial charge in [-0.25, -0.2) is 17.5 Å². The Morgan fingerprint density at radius 1 is 1.03 bits per heavy atom. The van der Waals surface area contributed by atoms with E-state index in [1.54, 1.807) is 0 Å². The van der Waals surface area contributed by atoms with Crippen LogP contribution in [0.2, 0.25) is 0 Å². The van der Waals surface area contributed by atoms with Gasteiger partial charge in [-0.3, -0.25) is 9.59 Å². The predicted octanol–water partition coefficient (Wildman–Crippen LogP) is 2.42. The Hall–Kier alpha value is -3.41. The fraction of sp³-hybridized carbons (Fsp3) is 0.261. The van der Waals surface area contributed by atoms with Crippen molar-refractivity contribution < 1.29 is 22.3 Å². The number of anilines is 1. The second kappa shape index (κ2) is 9.45. The van der Waals surface area contributed by atoms with Crippen LogP contribution in [0.4, 0.5) is 10.1 Å². The van der Waals surface area contributed by atoms with Crippen LogP contribution < -0.4 is 10.7 Å². The Morgan fingerprint density at radius 2 is 1.65 bits per heavy atom. The van der Waals surface area contributed by atoms with Crippen molar-refractivity contribution >= 4 is 21.6 Å². The zero-order valence-corrected chi connectivity index (χ0v) is 19.3. The highest BCUT2D eigenvalue weighted by atomic mass is 32.2. The first kappa shape index (κ1) is 23.7. The van der Waals surface area contributed by atoms with Crippen LogP contribution in [0, 0.1) is 5.82 Å². The number of carbonyl (C=O) groups is 1. The molecular weight excluding hydrogens is 463 g/mol. The monoisotopic (exact) mass is 486 g/mol. The molecule has 1 amide bonds. The second-order valence-electron chi connectivity index (χ2n) is 8.01. The average Bonchev–Trinajstić information content (AvgIpc) is 2.79. The lowest BCUT2D eigenvalue weighted by Crippen LogP contribution is -2.48. The molecule has 34 heavy (non-hydrogen) atoms. The summed E-state index contributed by atoms with van der Waals surface area (Å²) in [4.78, 5) is 25.0. The van der Waals surface area contributed by atoms with Gasteiger partial charge in [-0.05, 0) is 62.4 Å². The van der Waals surface area contributed by atoms with Gasteiger partial charge in [-0.2, -0.15) is 9.40 Å². The van der Waals surface area contributed by atoms with E-state index in [-0.39, 0.29) is 35.9 Å². The van der Waals surface area contributed by atoms with E-state index in [1.165, 1.54) is 69.8 Å². The number of aromatic nitrogens is 2. The maximum absolute atomic E-state index is 13.2. The molecule has 0 spiro atoms. The predicted molar refractivity (Wildman–Crippen MR) is 123 cm³/mol. The number of amides is 1. The van der Waals surface area contributed by atoms with Crippen LogP contribution in [0.25, 0.3) is 5.69 Å². The molecule has 4 rings (SSSR count). The normalized spacial score (nSPS) is 19.0. The van der Waals surface area contributed by atoms with E-state index in [1.807, 2.05) is 13.8 Å². The summed E-state index contributed by atoms with van der Waals surface area (Å²) in [6, 6.07) is 12.3. The number of benzene rings is 2. The van der Waals surface area contributed by atoms with Gasteiger partial charge in [0.1, 0.15) is 5.82 Å². The third-order valence-corrected chi connectivity index (χ3v) is 7.10. The van der Waals surface area contributed by atoms with E-state index in [0.29, 0.717) is 11.4 Å². The lowest BCUT2D eigenvalue weighted by atomic mass is 10.3. The Balaban J connectivity index is 1.52. The summed E-state index contributed by atoms with van der Waals surface area (Å²) >= 11 is 0. The first-order valence-corrected chi connectivity index (χ1v) is 12.0. The van der Waals surface area contributed by atoms with Crippen molar-refractivity contribution in [2.75, 3.05) is 18.4 Å². The van der Waals surface area contributed by atoms with Crippen molar-refractivity contribution in [2.45, 2.75) is 31.0 Å². The number of halogens is 1. The number of nitrogens with one attached hydrogen (secondary N) is 1. The smallest absolute Gasteiger partial charge is 0.280 e. The van der Waals surface area contributed by atoms with Gasteiger partial charge in [0.25, 0.3) is 5.91 Å². The molecule has 1 aliphatic rings. The number of sulfonamides is 1. The molecule has 2 aromatic carbocycles. The molecule has 11 heteroatoms. The van der Waals surface area contributed by atoms with Gasteiger partial charge in [-0.15, -0.1) is 0 Å². The minimum absolute atomic E-state index is 0.0864. The van der Waals surface area contributed by atoms with Crippen molar-refractivity contribution in [3.63, 3.8) is 0 Å². The lowest BCUT2D eigenvalue weighted by molar-refractivity contribution is -0.0440. The van der Waals surface area contributed by atoms with Crippen LogP contribution in [-0.4, -0.2) is 53.7 Å². The number of ether oxygens (including phenoxy) is 1. The van der Waals surface area contributed by atoms with Crippen LogP contribution in [0.5, 0.6) is 0 Å². The molecule has 1 N–H and O–H groups in total. The first-order chi connectivity index (χ1) is 16.1. The number of carbonyl (C=O) groups excluding carboxylic acids is 1. The quantitative estimate of drug-likeness (QED) is 0.593. The molecule has 1 aromatic heterocycles. The van der Waals surface area contributed by atoms with Gasteiger partial charge < -0.3 is 10.1 Å². The largest absolute Gasteiger partial charge is 0.373 e. The topological polar surface area (TPSA) is 111 Å². The summed E-state index contributed by atoms with van der Waals surface area (Å²) in [6.45, 7) is 4.15. The molecule has 3 aromatic rings. The van der Waals surface area contributed by atoms with Crippen LogP contribution in [0.3, 0.4) is 0 Å². The molecule has 0 radical (unpaired) electrons. The highest BCUT2D eigenvalue weighted by molar-refractivity contribution is 7.89. The Labute approximate surface area is 195 Å². The fourth-order valence-electron chi connectivity index (χ4n) is 3.68. The third kappa shape index (κ3) is 5.06. The highest BCUT2D eigenvalue weighted by Gasteiger charge is 2.32. The van der Waals surface area contributed by atoms with Gasteiger partial charge >= 0.3 is 0 Å². The lowest BCUT2D eigenvalue weighted by Gasteiger charge is -2.34. The van der Waals surface area contributed by atoms with E-state index in [4.69, 9.17) is 4.74 Å². The summed E-state index contributed by atoms with van der Waals surface area (Å²) in [6.07, 6.45) is 0.947. The number of hydrogen-bond acceptors (Lipinski definition) is 6. The van der Waals surface area contributed by atoms with E-state index in [2.05, 4.69) is 10.4 Å². The Kier molecular flexibility index (Phi) is 6.60. The van der Waals surface area contributed by atoms with Gasteiger partial charge in [0.2, 0.25) is 15.5 Å². The van der Waals surface area contributed by atoms with E-state index < -0.39 is 27.2 Å². The van der Waals surface area contributed by atoms with E-state index >= 15 is 0 Å². The van der Waals surface area contributed by atoms with Crippen LogP contribution in [-0.2, 0) is 14.8 Å². The summed E-state index contributed by atoms with van der Waals surface area (Å²) < 4.78 is 47.4. The standard InChI is InChI=1S/C23H23FN4O5S/c1-15-13-27(14-16(2)33-15)34(31,32)20-9-5-18(6-10-20)25-23(30)22-21(29)11-12-28(26-22)19-7-3-17(24)4-8-19/h3-12,15-16H,13-14H2,1-2H3,(H,25,30)/t15-,16+. The van der Waals surface area contributed by atoms with Gasteiger partial charge in [0, 0.05) is 31.0 Å². The minimum Gasteiger partial charge on any atom is -0.373 e. The summed E-state index contributed by atoms with van der Waals surface area (Å²) in [7, 11) is -3.72. The van der Waals surface area contributed by atoms with Gasteiger partial charge in [-0.1, -0.05) is 0 Å². The molecule has 9 nitrogen and oxygen atoms in total. The Bertz CT molecular complexity index is 1350. The van der Waals surface area contributed by atoms with Gasteiger partial charge in [0.05, 0.1) is 22.8 Å². The molecule has 1 saturated heterocycles. The fourth-order valence-corrected chi connectivity index (χ4v) is 5.27. The van der Waals surface area contributed by atoms with Crippen molar-refractivity contribution in [3.05, 3.63) is 82.5 Å². The molecule has 1 aliphatic heterocycles. The second-order valence-corrected chi connectivity index (χ2v) is 9.95. The minimum atomic E-state index is -3.72. The zero-order valence-electron chi connectivity index (χ0n) is 18.5. The van der Waals surface area contributed by atoms with E-state index in [9.17, 15) is 22.4 Å². The van der Waals surface area contributed by atoms with Crippen molar-refractivity contribution in [1.29, 1.82) is 0 Å². The maximum atomic E-state index is 13.2. The van der Waals surface area contributed by atoms with Crippen molar-refractivity contribution in [3.8, 4) is 5.69 Å². The molecule has 0 unspecified atom stereocenters. The van der Waals surface area contributed by atoms with Crippen molar-refractivity contribution in [1.82, 2.24) is 14.1 Å². The number of nitrogens with zero attached hydrogens (tertiary/aromatic N) is 3. The Morgan fingerprint density at radius 3 is 2.26 bits per heavy atom. The average molecular weight is 487 g/mol. The highest BCUT2D eigenvalue weighted by Crippen LogP contribution is 2.22. The molecule has 2 atom stereocenters. The summed E-state index contributed by atoms with van der Waals surface area (Å²) in [5, 5.41) is 6.61. The molecule has 0 bridgehead atoms. The number of morpholine rings is 1. The third-order valence-electron chi connectivity index (χ3n) is 5.25. The molecule has 178 valence electrons. The molecule has 1 fully saturated rings. The van der Waals surface area contributed by atoms with Crippen LogP contribution in [0.1, 0.15) is 24.3 Å². The van der Waals surface area contributed by atoms with Crippen LogP contribution in [0.15, 0.2) is 70.5 Å². The molecule has 2 heterocycles. The van der Waals surface area contributed by atoms with Crippen molar-refractivity contribution in [2.24, 2.45) is 0 Å². The van der Waals surface area contributed by atoms with Gasteiger partial charge in [0.15, 0.2) is 5.69 Å². The maximum Gasteiger partial charge on any atom is 0.280 e. The molecule has 0 aliphatic carbocycles.